The smallest absolute Gasteiger partial charge is 0.319 e. The number of carbonyl (C=O) groups is 2. The number of urea groups is 1. The molecule has 3 amide bonds. The van der Waals surface area contributed by atoms with Crippen LogP contribution in [-0.2, 0) is 13.1 Å². The standard InChI is InChI=1S/C23H20N4O3S/c28-21(24-14-19-15-30-22(26-19)20-7-4-12-31-20)17-8-10-18(11-9-17)27-23(29)25-13-16-5-2-1-3-6-16/h1-12,15H,13-14H2,(H,24,28)(H2,25,27,29). The molecule has 0 fully saturated rings. The maximum absolute atomic E-state index is 12.4. The van der Waals surface area contributed by atoms with E-state index in [1.165, 1.54) is 17.6 Å². The summed E-state index contributed by atoms with van der Waals surface area (Å²) in [6, 6.07) is 19.9. The molecule has 0 unspecified atom stereocenters. The van der Waals surface area contributed by atoms with Crippen LogP contribution in [0.2, 0.25) is 0 Å². The van der Waals surface area contributed by atoms with Crippen molar-refractivity contribution in [1.29, 1.82) is 0 Å². The molecule has 0 aliphatic carbocycles. The predicted molar refractivity (Wildman–Crippen MR) is 120 cm³/mol. The molecule has 4 rings (SSSR count). The van der Waals surface area contributed by atoms with E-state index >= 15 is 0 Å². The number of nitrogens with zero attached hydrogens (tertiary/aromatic N) is 1. The summed E-state index contributed by atoms with van der Waals surface area (Å²) >= 11 is 1.54. The first-order chi connectivity index (χ1) is 15.2. The van der Waals surface area contributed by atoms with Gasteiger partial charge in [0, 0.05) is 17.8 Å². The molecule has 0 radical (unpaired) electrons. The highest BCUT2D eigenvalue weighted by molar-refractivity contribution is 7.13. The summed E-state index contributed by atoms with van der Waals surface area (Å²) in [5, 5.41) is 10.3. The van der Waals surface area contributed by atoms with Gasteiger partial charge >= 0.3 is 6.03 Å². The van der Waals surface area contributed by atoms with Gasteiger partial charge in [0.05, 0.1) is 17.1 Å². The average molecular weight is 433 g/mol. The van der Waals surface area contributed by atoms with Crippen molar-refractivity contribution in [1.82, 2.24) is 15.6 Å². The molecule has 0 saturated heterocycles. The van der Waals surface area contributed by atoms with E-state index in [1.807, 2.05) is 47.8 Å². The topological polar surface area (TPSA) is 96.3 Å². The van der Waals surface area contributed by atoms with Gasteiger partial charge in [-0.15, -0.1) is 11.3 Å². The Morgan fingerprint density at radius 3 is 2.45 bits per heavy atom. The van der Waals surface area contributed by atoms with Crippen molar-refractivity contribution in [2.24, 2.45) is 0 Å². The van der Waals surface area contributed by atoms with Crippen molar-refractivity contribution in [2.75, 3.05) is 5.32 Å². The molecular formula is C23H20N4O3S. The Bertz CT molecular complexity index is 1140. The molecule has 0 saturated carbocycles. The van der Waals surface area contributed by atoms with Gasteiger partial charge in [-0.25, -0.2) is 9.78 Å². The van der Waals surface area contributed by atoms with Crippen molar-refractivity contribution in [3.05, 3.63) is 95.2 Å². The van der Waals surface area contributed by atoms with Crippen molar-refractivity contribution < 1.29 is 14.0 Å². The minimum atomic E-state index is -0.311. The molecule has 31 heavy (non-hydrogen) atoms. The Kier molecular flexibility index (Phi) is 6.39. The van der Waals surface area contributed by atoms with Crippen LogP contribution >= 0.6 is 11.3 Å². The number of thiophene rings is 1. The van der Waals surface area contributed by atoms with Crippen LogP contribution < -0.4 is 16.0 Å². The van der Waals surface area contributed by atoms with Crippen LogP contribution in [0.1, 0.15) is 21.6 Å². The third-order valence-corrected chi connectivity index (χ3v) is 5.27. The second-order valence-corrected chi connectivity index (χ2v) is 7.62. The lowest BCUT2D eigenvalue weighted by atomic mass is 10.2. The number of hydrogen-bond donors (Lipinski definition) is 3. The highest BCUT2D eigenvalue weighted by atomic mass is 32.1. The van der Waals surface area contributed by atoms with Crippen LogP contribution in [0.15, 0.2) is 82.8 Å². The number of carbonyl (C=O) groups excluding carboxylic acids is 2. The Hall–Kier alpha value is -3.91. The highest BCUT2D eigenvalue weighted by Crippen LogP contribution is 2.23. The normalized spacial score (nSPS) is 10.5. The van der Waals surface area contributed by atoms with Gasteiger partial charge in [-0.3, -0.25) is 4.79 Å². The van der Waals surface area contributed by atoms with Gasteiger partial charge in [0.15, 0.2) is 0 Å². The Balaban J connectivity index is 1.25. The molecule has 3 N–H and O–H groups in total. The molecule has 2 heterocycles. The van der Waals surface area contributed by atoms with Gasteiger partial charge in [-0.2, -0.15) is 0 Å². The largest absolute Gasteiger partial charge is 0.443 e. The first-order valence-corrected chi connectivity index (χ1v) is 10.5. The average Bonchev–Trinajstić information content (AvgIpc) is 3.49. The minimum absolute atomic E-state index is 0.235. The van der Waals surface area contributed by atoms with Crippen molar-refractivity contribution in [3.8, 4) is 10.8 Å². The summed E-state index contributed by atoms with van der Waals surface area (Å²) in [7, 11) is 0. The van der Waals surface area contributed by atoms with E-state index in [4.69, 9.17) is 4.42 Å². The van der Waals surface area contributed by atoms with Crippen LogP contribution in [0.5, 0.6) is 0 Å². The van der Waals surface area contributed by atoms with E-state index in [-0.39, 0.29) is 18.5 Å². The molecule has 4 aromatic rings. The summed E-state index contributed by atoms with van der Waals surface area (Å²) in [6.07, 6.45) is 1.54. The highest BCUT2D eigenvalue weighted by Gasteiger charge is 2.10. The second kappa shape index (κ2) is 9.73. The Labute approximate surface area is 183 Å². The van der Waals surface area contributed by atoms with E-state index in [0.717, 1.165) is 10.4 Å². The lowest BCUT2D eigenvalue weighted by Crippen LogP contribution is -2.28. The van der Waals surface area contributed by atoms with E-state index < -0.39 is 0 Å². The SMILES string of the molecule is O=C(NCc1ccccc1)Nc1ccc(C(=O)NCc2coc(-c3cccs3)n2)cc1. The zero-order valence-corrected chi connectivity index (χ0v) is 17.3. The molecule has 7 nitrogen and oxygen atoms in total. The number of rotatable bonds is 7. The number of anilines is 1. The molecule has 2 aromatic heterocycles. The van der Waals surface area contributed by atoms with Crippen molar-refractivity contribution >= 4 is 29.0 Å². The molecule has 0 spiro atoms. The minimum Gasteiger partial charge on any atom is -0.443 e. The molecule has 0 aliphatic rings. The maximum atomic E-state index is 12.4. The third kappa shape index (κ3) is 5.58. The number of benzene rings is 2. The molecule has 2 aromatic carbocycles. The molecule has 156 valence electrons. The fourth-order valence-electron chi connectivity index (χ4n) is 2.83. The second-order valence-electron chi connectivity index (χ2n) is 6.67. The number of nitrogens with one attached hydrogen (secondary N) is 3. The lowest BCUT2D eigenvalue weighted by molar-refractivity contribution is 0.0950. The molecule has 0 aliphatic heterocycles. The first-order valence-electron chi connectivity index (χ1n) is 9.63. The predicted octanol–water partition coefficient (Wildman–Crippen LogP) is 4.65. The van der Waals surface area contributed by atoms with E-state index in [9.17, 15) is 9.59 Å². The molecule has 0 atom stereocenters. The first kappa shape index (κ1) is 20.4. The van der Waals surface area contributed by atoms with Gasteiger partial charge < -0.3 is 20.4 Å². The maximum Gasteiger partial charge on any atom is 0.319 e. The quantitative estimate of drug-likeness (QED) is 0.396. The number of aromatic nitrogens is 1. The third-order valence-electron chi connectivity index (χ3n) is 4.41. The van der Waals surface area contributed by atoms with Crippen LogP contribution in [0, 0.1) is 0 Å². The zero-order chi connectivity index (χ0) is 21.5. The summed E-state index contributed by atoms with van der Waals surface area (Å²) in [4.78, 5) is 29.7. The lowest BCUT2D eigenvalue weighted by Gasteiger charge is -2.09. The van der Waals surface area contributed by atoms with E-state index in [0.29, 0.717) is 29.4 Å². The molecule has 0 bridgehead atoms. The van der Waals surface area contributed by atoms with Gasteiger partial charge in [0.2, 0.25) is 5.89 Å². The van der Waals surface area contributed by atoms with Crippen LogP contribution in [0.3, 0.4) is 0 Å². The zero-order valence-electron chi connectivity index (χ0n) is 16.5. The fourth-order valence-corrected chi connectivity index (χ4v) is 3.49. The monoisotopic (exact) mass is 432 g/mol. The van der Waals surface area contributed by atoms with Crippen LogP contribution in [-0.4, -0.2) is 16.9 Å². The number of oxazole rings is 1. The van der Waals surface area contributed by atoms with Crippen molar-refractivity contribution in [3.63, 3.8) is 0 Å². The Morgan fingerprint density at radius 2 is 1.71 bits per heavy atom. The van der Waals surface area contributed by atoms with Gasteiger partial charge in [-0.1, -0.05) is 36.4 Å². The summed E-state index contributed by atoms with van der Waals surface area (Å²) < 4.78 is 5.45. The number of amides is 3. The van der Waals surface area contributed by atoms with Crippen LogP contribution in [0.4, 0.5) is 10.5 Å². The number of hydrogen-bond acceptors (Lipinski definition) is 5. The van der Waals surface area contributed by atoms with E-state index in [1.54, 1.807) is 24.3 Å². The van der Waals surface area contributed by atoms with Gasteiger partial charge in [0.25, 0.3) is 5.91 Å². The van der Waals surface area contributed by atoms with Gasteiger partial charge in [-0.05, 0) is 41.3 Å². The van der Waals surface area contributed by atoms with Crippen molar-refractivity contribution in [2.45, 2.75) is 13.1 Å². The fraction of sp³-hybridized carbons (Fsp3) is 0.0870. The van der Waals surface area contributed by atoms with Crippen LogP contribution in [0.25, 0.3) is 10.8 Å². The summed E-state index contributed by atoms with van der Waals surface area (Å²) in [5.41, 5.74) is 2.74. The Morgan fingerprint density at radius 1 is 0.903 bits per heavy atom. The summed E-state index contributed by atoms with van der Waals surface area (Å²) in [5.74, 6) is 0.306. The summed E-state index contributed by atoms with van der Waals surface area (Å²) in [6.45, 7) is 0.693. The molecule has 8 heteroatoms. The molecular weight excluding hydrogens is 412 g/mol. The van der Waals surface area contributed by atoms with Gasteiger partial charge in [0.1, 0.15) is 6.26 Å². The van der Waals surface area contributed by atoms with E-state index in [2.05, 4.69) is 20.9 Å².